The van der Waals surface area contributed by atoms with Crippen molar-refractivity contribution >= 4 is 5.91 Å². The Bertz CT molecular complexity index is 563. The van der Waals surface area contributed by atoms with E-state index in [-0.39, 0.29) is 6.04 Å². The van der Waals surface area contributed by atoms with Crippen LogP contribution >= 0.6 is 0 Å². The summed E-state index contributed by atoms with van der Waals surface area (Å²) in [5, 5.41) is 3.49. The van der Waals surface area contributed by atoms with Gasteiger partial charge in [0, 0.05) is 38.8 Å². The van der Waals surface area contributed by atoms with Crippen LogP contribution < -0.4 is 5.32 Å². The topological polar surface area (TPSA) is 35.6 Å². The summed E-state index contributed by atoms with van der Waals surface area (Å²) in [6.45, 7) is 11.4. The Labute approximate surface area is 152 Å². The van der Waals surface area contributed by atoms with Crippen molar-refractivity contribution in [1.29, 1.82) is 0 Å². The molecule has 2 saturated heterocycles. The molecule has 138 valence electrons. The zero-order valence-electron chi connectivity index (χ0n) is 16.0. The van der Waals surface area contributed by atoms with Crippen molar-refractivity contribution in [2.75, 3.05) is 32.7 Å². The fourth-order valence-electron chi connectivity index (χ4n) is 4.14. The molecule has 25 heavy (non-hydrogen) atoms. The van der Waals surface area contributed by atoms with Gasteiger partial charge in [0.1, 0.15) is 6.04 Å². The van der Waals surface area contributed by atoms with E-state index in [1.54, 1.807) is 0 Å². The molecule has 1 aromatic carbocycles. The molecule has 3 rings (SSSR count). The zero-order valence-corrected chi connectivity index (χ0v) is 16.0. The molecule has 0 radical (unpaired) electrons. The Kier molecular flexibility index (Phi) is 6.13. The minimum Gasteiger partial charge on any atom is -0.341 e. The van der Waals surface area contributed by atoms with Crippen molar-refractivity contribution in [3.05, 3.63) is 35.4 Å². The molecule has 0 aromatic heterocycles. The number of nitrogens with one attached hydrogen (secondary N) is 1. The lowest BCUT2D eigenvalue weighted by Crippen LogP contribution is -2.55. The van der Waals surface area contributed by atoms with Crippen LogP contribution in [0.25, 0.3) is 0 Å². The van der Waals surface area contributed by atoms with E-state index in [0.29, 0.717) is 17.9 Å². The summed E-state index contributed by atoms with van der Waals surface area (Å²) in [6, 6.07) is 9.06. The van der Waals surface area contributed by atoms with Gasteiger partial charge < -0.3 is 10.2 Å². The summed E-state index contributed by atoms with van der Waals surface area (Å²) < 4.78 is 0. The van der Waals surface area contributed by atoms with E-state index in [9.17, 15) is 4.79 Å². The first kappa shape index (κ1) is 18.4. The minimum atomic E-state index is -0.133. The van der Waals surface area contributed by atoms with Crippen LogP contribution in [0.4, 0.5) is 0 Å². The van der Waals surface area contributed by atoms with Gasteiger partial charge in [0.25, 0.3) is 0 Å². The van der Waals surface area contributed by atoms with E-state index in [1.807, 2.05) is 0 Å². The lowest BCUT2D eigenvalue weighted by atomic mass is 9.95. The Hall–Kier alpha value is -1.39. The summed E-state index contributed by atoms with van der Waals surface area (Å²) in [7, 11) is 0. The molecule has 1 N–H and O–H groups in total. The molecule has 2 unspecified atom stereocenters. The second-order valence-corrected chi connectivity index (χ2v) is 7.76. The summed E-state index contributed by atoms with van der Waals surface area (Å²) >= 11 is 0. The van der Waals surface area contributed by atoms with Crippen LogP contribution in [0.15, 0.2) is 24.3 Å². The summed E-state index contributed by atoms with van der Waals surface area (Å²) in [6.07, 6.45) is 3.36. The minimum absolute atomic E-state index is 0.133. The average Bonchev–Trinajstić information content (AvgIpc) is 3.17. The molecular formula is C21H33N3O. The number of carbonyl (C=O) groups excluding carboxylic acids is 1. The number of hydrogen-bond donors (Lipinski definition) is 1. The Morgan fingerprint density at radius 2 is 1.76 bits per heavy atom. The Morgan fingerprint density at radius 1 is 1.12 bits per heavy atom. The smallest absolute Gasteiger partial charge is 0.244 e. The van der Waals surface area contributed by atoms with Crippen molar-refractivity contribution in [3.63, 3.8) is 0 Å². The number of rotatable bonds is 5. The average molecular weight is 344 g/mol. The standard InChI is InChI=1S/C21H33N3O/c1-4-19-15-22-11-14-24(19)20(21(25)23-12-5-6-13-23)18-9-7-17(8-10-18)16(2)3/h7-10,16,19-20,22H,4-6,11-15H2,1-3H3. The van der Waals surface area contributed by atoms with Gasteiger partial charge in [0.15, 0.2) is 0 Å². The van der Waals surface area contributed by atoms with E-state index < -0.39 is 0 Å². The zero-order chi connectivity index (χ0) is 17.8. The normalized spacial score (nSPS) is 23.2. The SMILES string of the molecule is CCC1CNCCN1C(C(=O)N1CCCC1)c1ccc(C(C)C)cc1. The molecular weight excluding hydrogens is 310 g/mol. The van der Waals surface area contributed by atoms with E-state index in [0.717, 1.165) is 57.5 Å². The number of hydrogen-bond acceptors (Lipinski definition) is 3. The van der Waals surface area contributed by atoms with Gasteiger partial charge in [-0.1, -0.05) is 45.0 Å². The molecule has 0 bridgehead atoms. The number of likely N-dealkylation sites (tertiary alicyclic amines) is 1. The van der Waals surface area contributed by atoms with Crippen molar-refractivity contribution in [3.8, 4) is 0 Å². The van der Waals surface area contributed by atoms with Crippen LogP contribution in [0, 0.1) is 0 Å². The van der Waals surface area contributed by atoms with Crippen LogP contribution in [0.1, 0.15) is 63.1 Å². The first-order chi connectivity index (χ1) is 12.1. The highest BCUT2D eigenvalue weighted by molar-refractivity contribution is 5.83. The number of piperazine rings is 1. The summed E-state index contributed by atoms with van der Waals surface area (Å²) in [5.74, 6) is 0.819. The van der Waals surface area contributed by atoms with Gasteiger partial charge in [-0.05, 0) is 36.3 Å². The fourth-order valence-corrected chi connectivity index (χ4v) is 4.14. The molecule has 1 aromatic rings. The van der Waals surface area contributed by atoms with Gasteiger partial charge in [-0.3, -0.25) is 9.69 Å². The van der Waals surface area contributed by atoms with Gasteiger partial charge in [-0.2, -0.15) is 0 Å². The highest BCUT2D eigenvalue weighted by atomic mass is 16.2. The van der Waals surface area contributed by atoms with Crippen molar-refractivity contribution in [2.24, 2.45) is 0 Å². The van der Waals surface area contributed by atoms with Crippen LogP contribution in [0.5, 0.6) is 0 Å². The molecule has 2 aliphatic heterocycles. The first-order valence-electron chi connectivity index (χ1n) is 9.97. The van der Waals surface area contributed by atoms with Gasteiger partial charge >= 0.3 is 0 Å². The molecule has 4 nitrogen and oxygen atoms in total. The van der Waals surface area contributed by atoms with Crippen LogP contribution in [-0.2, 0) is 4.79 Å². The maximum absolute atomic E-state index is 13.4. The van der Waals surface area contributed by atoms with Crippen LogP contribution in [0.3, 0.4) is 0 Å². The molecule has 2 fully saturated rings. The second-order valence-electron chi connectivity index (χ2n) is 7.76. The maximum Gasteiger partial charge on any atom is 0.244 e. The third-order valence-corrected chi connectivity index (χ3v) is 5.77. The maximum atomic E-state index is 13.4. The van der Waals surface area contributed by atoms with Crippen molar-refractivity contribution < 1.29 is 4.79 Å². The van der Waals surface area contributed by atoms with E-state index in [2.05, 4.69) is 60.2 Å². The second kappa shape index (κ2) is 8.33. The lowest BCUT2D eigenvalue weighted by Gasteiger charge is -2.42. The third kappa shape index (κ3) is 4.06. The van der Waals surface area contributed by atoms with Crippen molar-refractivity contribution in [2.45, 2.75) is 58.0 Å². The predicted molar refractivity (Wildman–Crippen MR) is 103 cm³/mol. The predicted octanol–water partition coefficient (Wildman–Crippen LogP) is 3.16. The number of nitrogens with zero attached hydrogens (tertiary/aromatic N) is 2. The number of amides is 1. The molecule has 0 saturated carbocycles. The van der Waals surface area contributed by atoms with E-state index in [1.165, 1.54) is 5.56 Å². The molecule has 0 aliphatic carbocycles. The largest absolute Gasteiger partial charge is 0.341 e. The number of carbonyl (C=O) groups is 1. The molecule has 2 atom stereocenters. The quantitative estimate of drug-likeness (QED) is 0.892. The van der Waals surface area contributed by atoms with Gasteiger partial charge in [0.2, 0.25) is 5.91 Å². The fraction of sp³-hybridized carbons (Fsp3) is 0.667. The molecule has 2 aliphatic rings. The van der Waals surface area contributed by atoms with Gasteiger partial charge in [-0.15, -0.1) is 0 Å². The van der Waals surface area contributed by atoms with Gasteiger partial charge in [-0.25, -0.2) is 0 Å². The highest BCUT2D eigenvalue weighted by Crippen LogP contribution is 2.29. The number of benzene rings is 1. The van der Waals surface area contributed by atoms with Crippen LogP contribution in [-0.4, -0.2) is 54.5 Å². The summed E-state index contributed by atoms with van der Waals surface area (Å²) in [5.41, 5.74) is 2.49. The molecule has 2 heterocycles. The highest BCUT2D eigenvalue weighted by Gasteiger charge is 2.36. The third-order valence-electron chi connectivity index (χ3n) is 5.77. The van der Waals surface area contributed by atoms with E-state index in [4.69, 9.17) is 0 Å². The monoisotopic (exact) mass is 343 g/mol. The summed E-state index contributed by atoms with van der Waals surface area (Å²) in [4.78, 5) is 17.9. The lowest BCUT2D eigenvalue weighted by molar-refractivity contribution is -0.137. The first-order valence-corrected chi connectivity index (χ1v) is 9.97. The van der Waals surface area contributed by atoms with E-state index >= 15 is 0 Å². The van der Waals surface area contributed by atoms with Crippen molar-refractivity contribution in [1.82, 2.24) is 15.1 Å². The molecule has 1 amide bonds. The van der Waals surface area contributed by atoms with Crippen LogP contribution in [0.2, 0.25) is 0 Å². The van der Waals surface area contributed by atoms with Gasteiger partial charge in [0.05, 0.1) is 0 Å². The molecule has 0 spiro atoms. The Morgan fingerprint density at radius 3 is 2.36 bits per heavy atom. The Balaban J connectivity index is 1.91. The molecule has 4 heteroatoms.